The third-order valence-corrected chi connectivity index (χ3v) is 1.45. The molecule has 0 N–H and O–H groups in total. The summed E-state index contributed by atoms with van der Waals surface area (Å²) in [6.45, 7) is 3.40. The molecule has 1 atom stereocenters. The molecular formula is C10H9NO. The third-order valence-electron chi connectivity index (χ3n) is 1.45. The second-order valence-corrected chi connectivity index (χ2v) is 2.22. The van der Waals surface area contributed by atoms with Crippen molar-refractivity contribution in [1.29, 1.82) is 5.26 Å². The molecule has 0 aliphatic heterocycles. The second kappa shape index (κ2) is 4.20. The van der Waals surface area contributed by atoms with Gasteiger partial charge in [0.1, 0.15) is 6.07 Å². The van der Waals surface area contributed by atoms with Crippen molar-refractivity contribution in [3.63, 3.8) is 0 Å². The van der Waals surface area contributed by atoms with Crippen molar-refractivity contribution in [2.45, 2.75) is 6.10 Å². The van der Waals surface area contributed by atoms with Crippen LogP contribution in [0.3, 0.4) is 0 Å². The molecule has 0 saturated carbocycles. The summed E-state index contributed by atoms with van der Waals surface area (Å²) in [6, 6.07) is 11.3. The zero-order valence-electron chi connectivity index (χ0n) is 6.60. The lowest BCUT2D eigenvalue weighted by molar-refractivity contribution is 0.197. The number of hydrogen-bond acceptors (Lipinski definition) is 2. The van der Waals surface area contributed by atoms with Gasteiger partial charge >= 0.3 is 0 Å². The van der Waals surface area contributed by atoms with Crippen LogP contribution in [0.2, 0.25) is 0 Å². The van der Waals surface area contributed by atoms with Crippen molar-refractivity contribution in [2.75, 3.05) is 0 Å². The lowest BCUT2D eigenvalue weighted by Gasteiger charge is -2.07. The molecule has 0 aromatic heterocycles. The van der Waals surface area contributed by atoms with Crippen molar-refractivity contribution < 1.29 is 4.74 Å². The summed E-state index contributed by atoms with van der Waals surface area (Å²) in [5.74, 6) is 0. The van der Waals surface area contributed by atoms with E-state index in [0.717, 1.165) is 5.56 Å². The molecule has 0 amide bonds. The van der Waals surface area contributed by atoms with Crippen molar-refractivity contribution >= 4 is 0 Å². The first-order valence-corrected chi connectivity index (χ1v) is 3.59. The molecule has 0 heterocycles. The van der Waals surface area contributed by atoms with Crippen molar-refractivity contribution in [1.82, 2.24) is 0 Å². The number of ether oxygens (including phenoxy) is 1. The monoisotopic (exact) mass is 159 g/mol. The minimum absolute atomic E-state index is 0.538. The zero-order valence-corrected chi connectivity index (χ0v) is 6.60. The molecule has 0 aliphatic carbocycles. The summed E-state index contributed by atoms with van der Waals surface area (Å²) in [4.78, 5) is 0. The molecular weight excluding hydrogens is 150 g/mol. The van der Waals surface area contributed by atoms with Gasteiger partial charge in [0.05, 0.1) is 6.26 Å². The topological polar surface area (TPSA) is 33.0 Å². The van der Waals surface area contributed by atoms with Gasteiger partial charge in [0.15, 0.2) is 0 Å². The summed E-state index contributed by atoms with van der Waals surface area (Å²) < 4.78 is 4.98. The van der Waals surface area contributed by atoms with Gasteiger partial charge in [0.25, 0.3) is 0 Å². The van der Waals surface area contributed by atoms with Gasteiger partial charge in [-0.2, -0.15) is 5.26 Å². The maximum absolute atomic E-state index is 8.69. The maximum Gasteiger partial charge on any atom is 0.208 e. The van der Waals surface area contributed by atoms with Gasteiger partial charge in [-0.15, -0.1) is 0 Å². The second-order valence-electron chi connectivity index (χ2n) is 2.22. The Balaban J connectivity index is 2.82. The molecule has 1 aromatic carbocycles. The van der Waals surface area contributed by atoms with Crippen LogP contribution in [-0.2, 0) is 4.74 Å². The van der Waals surface area contributed by atoms with E-state index in [-0.39, 0.29) is 0 Å². The Morgan fingerprint density at radius 2 is 2.08 bits per heavy atom. The van der Waals surface area contributed by atoms with Crippen molar-refractivity contribution in [3.8, 4) is 6.07 Å². The number of nitrogens with zero attached hydrogens (tertiary/aromatic N) is 1. The van der Waals surface area contributed by atoms with E-state index in [1.807, 2.05) is 36.4 Å². The molecule has 0 bridgehead atoms. The van der Waals surface area contributed by atoms with Crippen LogP contribution in [0.1, 0.15) is 11.7 Å². The minimum atomic E-state index is -0.538. The van der Waals surface area contributed by atoms with Crippen LogP contribution in [0.25, 0.3) is 0 Å². The smallest absolute Gasteiger partial charge is 0.208 e. The predicted octanol–water partition coefficient (Wildman–Crippen LogP) is 2.41. The zero-order chi connectivity index (χ0) is 8.81. The molecule has 1 rings (SSSR count). The average molecular weight is 159 g/mol. The van der Waals surface area contributed by atoms with Crippen LogP contribution in [0.5, 0.6) is 0 Å². The summed E-state index contributed by atoms with van der Waals surface area (Å²) in [7, 11) is 0. The average Bonchev–Trinajstić information content (AvgIpc) is 2.15. The van der Waals surface area contributed by atoms with E-state index in [1.54, 1.807) is 0 Å². The Kier molecular flexibility index (Phi) is 2.92. The summed E-state index contributed by atoms with van der Waals surface area (Å²) in [5.41, 5.74) is 0.847. The van der Waals surface area contributed by atoms with Crippen molar-refractivity contribution in [2.24, 2.45) is 0 Å². The fourth-order valence-corrected chi connectivity index (χ4v) is 0.908. The normalized spacial score (nSPS) is 11.2. The largest absolute Gasteiger partial charge is 0.479 e. The quantitative estimate of drug-likeness (QED) is 0.634. The summed E-state index contributed by atoms with van der Waals surface area (Å²) >= 11 is 0. The van der Waals surface area contributed by atoms with Gasteiger partial charge < -0.3 is 4.74 Å². The van der Waals surface area contributed by atoms with Crippen LogP contribution < -0.4 is 0 Å². The SMILES string of the molecule is C=COC(C#N)c1ccccc1. The van der Waals surface area contributed by atoms with Crippen LogP contribution in [-0.4, -0.2) is 0 Å². The van der Waals surface area contributed by atoms with Crippen molar-refractivity contribution in [3.05, 3.63) is 48.7 Å². The number of hydrogen-bond donors (Lipinski definition) is 0. The first-order chi connectivity index (χ1) is 5.88. The van der Waals surface area contributed by atoms with Gasteiger partial charge in [-0.1, -0.05) is 36.9 Å². The van der Waals surface area contributed by atoms with Gasteiger partial charge in [-0.25, -0.2) is 0 Å². The molecule has 1 aromatic rings. The fraction of sp³-hybridized carbons (Fsp3) is 0.100. The van der Waals surface area contributed by atoms with E-state index in [1.165, 1.54) is 6.26 Å². The number of benzene rings is 1. The molecule has 1 unspecified atom stereocenters. The Hall–Kier alpha value is -1.75. The van der Waals surface area contributed by atoms with E-state index in [4.69, 9.17) is 10.00 Å². The van der Waals surface area contributed by atoms with Crippen LogP contribution in [0, 0.1) is 11.3 Å². The highest BCUT2D eigenvalue weighted by atomic mass is 16.5. The van der Waals surface area contributed by atoms with Gasteiger partial charge in [-0.3, -0.25) is 0 Å². The minimum Gasteiger partial charge on any atom is -0.479 e. The van der Waals surface area contributed by atoms with Gasteiger partial charge in [-0.05, 0) is 0 Å². The first kappa shape index (κ1) is 8.35. The molecule has 0 radical (unpaired) electrons. The lowest BCUT2D eigenvalue weighted by Crippen LogP contribution is -1.95. The Bertz CT molecular complexity index is 286. The standard InChI is InChI=1S/C10H9NO/c1-2-12-10(8-11)9-6-4-3-5-7-9/h2-7,10H,1H2. The van der Waals surface area contributed by atoms with E-state index >= 15 is 0 Å². The van der Waals surface area contributed by atoms with E-state index < -0.39 is 6.10 Å². The highest BCUT2D eigenvalue weighted by Gasteiger charge is 2.07. The highest BCUT2D eigenvalue weighted by Crippen LogP contribution is 2.15. The lowest BCUT2D eigenvalue weighted by atomic mass is 10.1. The molecule has 2 heteroatoms. The van der Waals surface area contributed by atoms with Gasteiger partial charge in [0, 0.05) is 5.56 Å². The molecule has 0 spiro atoms. The van der Waals surface area contributed by atoms with Crippen LogP contribution in [0.4, 0.5) is 0 Å². The third kappa shape index (κ3) is 1.86. The fourth-order valence-electron chi connectivity index (χ4n) is 0.908. The first-order valence-electron chi connectivity index (χ1n) is 3.59. The molecule has 0 fully saturated rings. The van der Waals surface area contributed by atoms with E-state index in [2.05, 4.69) is 6.58 Å². The Morgan fingerprint density at radius 1 is 1.42 bits per heavy atom. The van der Waals surface area contributed by atoms with Gasteiger partial charge in [0.2, 0.25) is 6.10 Å². The molecule has 60 valence electrons. The summed E-state index contributed by atoms with van der Waals surface area (Å²) in [5, 5.41) is 8.69. The van der Waals surface area contributed by atoms with Crippen LogP contribution in [0.15, 0.2) is 43.2 Å². The highest BCUT2D eigenvalue weighted by molar-refractivity contribution is 5.22. The Morgan fingerprint density at radius 3 is 2.58 bits per heavy atom. The van der Waals surface area contributed by atoms with E-state index in [9.17, 15) is 0 Å². The summed E-state index contributed by atoms with van der Waals surface area (Å²) in [6.07, 6.45) is 0.740. The van der Waals surface area contributed by atoms with Crippen LogP contribution >= 0.6 is 0 Å². The Labute approximate surface area is 71.7 Å². The maximum atomic E-state index is 8.69. The molecule has 2 nitrogen and oxygen atoms in total. The molecule has 0 saturated heterocycles. The number of nitriles is 1. The number of rotatable bonds is 3. The van der Waals surface area contributed by atoms with E-state index in [0.29, 0.717) is 0 Å². The molecule has 12 heavy (non-hydrogen) atoms. The predicted molar refractivity (Wildman–Crippen MR) is 46.1 cm³/mol. The molecule has 0 aliphatic rings.